The average Bonchev–Trinajstić information content (AvgIpc) is 2.55. The number of nitrogens with two attached hydrogens (primary N) is 2. The molecule has 3 atom stereocenters. The first kappa shape index (κ1) is 23.8. The van der Waals surface area contributed by atoms with Crippen LogP contribution in [0.15, 0.2) is 0 Å². The molecule has 3 unspecified atom stereocenters. The maximum atomic E-state index is 12.0. The Balaban J connectivity index is 4.75. The van der Waals surface area contributed by atoms with E-state index in [0.717, 1.165) is 0 Å². The zero-order valence-corrected chi connectivity index (χ0v) is 14.6. The predicted octanol–water partition coefficient (Wildman–Crippen LogP) is -3.76. The number of rotatable bonds is 12. The minimum Gasteiger partial charge on any atom is -0.481 e. The van der Waals surface area contributed by atoms with Crippen molar-refractivity contribution in [2.45, 2.75) is 44.3 Å². The fourth-order valence-electron chi connectivity index (χ4n) is 1.77. The molecule has 0 aromatic carbocycles. The number of primary amides is 1. The minimum absolute atomic E-state index is 0.297. The molecular formula is C14H23N5O8. The largest absolute Gasteiger partial charge is 0.481 e. The molecule has 13 nitrogen and oxygen atoms in total. The zero-order valence-electron chi connectivity index (χ0n) is 14.6. The van der Waals surface area contributed by atoms with Crippen LogP contribution in [-0.2, 0) is 28.8 Å². The van der Waals surface area contributed by atoms with Crippen molar-refractivity contribution in [2.75, 3.05) is 6.54 Å². The van der Waals surface area contributed by atoms with Crippen molar-refractivity contribution in [1.29, 1.82) is 0 Å². The van der Waals surface area contributed by atoms with E-state index in [2.05, 4.69) is 16.0 Å². The lowest BCUT2D eigenvalue weighted by Crippen LogP contribution is -2.53. The van der Waals surface area contributed by atoms with Gasteiger partial charge in [0.05, 0.1) is 19.0 Å². The number of carbonyl (C=O) groups excluding carboxylic acids is 4. The van der Waals surface area contributed by atoms with E-state index >= 15 is 0 Å². The number of carboxylic acid groups (broad SMARTS) is 2. The minimum atomic E-state index is -1.33. The monoisotopic (exact) mass is 389 g/mol. The van der Waals surface area contributed by atoms with Crippen molar-refractivity contribution in [3.63, 3.8) is 0 Å². The van der Waals surface area contributed by atoms with Gasteiger partial charge in [-0.3, -0.25) is 28.8 Å². The Bertz CT molecular complexity index is 608. The van der Waals surface area contributed by atoms with Crippen LogP contribution in [0.2, 0.25) is 0 Å². The van der Waals surface area contributed by atoms with Crippen LogP contribution in [0, 0.1) is 0 Å². The number of hydrogen-bond donors (Lipinski definition) is 7. The molecule has 13 heteroatoms. The fraction of sp³-hybridized carbons (Fsp3) is 0.571. The summed E-state index contributed by atoms with van der Waals surface area (Å²) >= 11 is 0. The normalized spacial score (nSPS) is 13.6. The van der Waals surface area contributed by atoms with Crippen molar-refractivity contribution in [2.24, 2.45) is 11.5 Å². The first-order valence-electron chi connectivity index (χ1n) is 7.80. The first-order chi connectivity index (χ1) is 12.4. The molecule has 0 heterocycles. The summed E-state index contributed by atoms with van der Waals surface area (Å²) in [5.41, 5.74) is 10.3. The predicted molar refractivity (Wildman–Crippen MR) is 88.8 cm³/mol. The number of aliphatic carboxylic acids is 2. The van der Waals surface area contributed by atoms with E-state index in [4.69, 9.17) is 21.7 Å². The molecule has 0 aromatic heterocycles. The number of carbonyl (C=O) groups is 6. The zero-order chi connectivity index (χ0) is 21.1. The van der Waals surface area contributed by atoms with E-state index < -0.39 is 73.1 Å². The van der Waals surface area contributed by atoms with Crippen molar-refractivity contribution >= 4 is 35.6 Å². The highest BCUT2D eigenvalue weighted by atomic mass is 16.4. The van der Waals surface area contributed by atoms with E-state index in [1.54, 1.807) is 0 Å². The third kappa shape index (κ3) is 10.4. The summed E-state index contributed by atoms with van der Waals surface area (Å²) in [5, 5.41) is 23.9. The van der Waals surface area contributed by atoms with Gasteiger partial charge in [0.15, 0.2) is 0 Å². The smallest absolute Gasteiger partial charge is 0.325 e. The Morgan fingerprint density at radius 1 is 1.00 bits per heavy atom. The molecule has 0 aliphatic heterocycles. The van der Waals surface area contributed by atoms with Crippen molar-refractivity contribution in [1.82, 2.24) is 16.0 Å². The molecule has 0 aliphatic rings. The van der Waals surface area contributed by atoms with Gasteiger partial charge in [-0.25, -0.2) is 0 Å². The summed E-state index contributed by atoms with van der Waals surface area (Å²) in [5.74, 6) is -5.91. The van der Waals surface area contributed by atoms with Gasteiger partial charge in [-0.15, -0.1) is 0 Å². The average molecular weight is 389 g/mol. The summed E-state index contributed by atoms with van der Waals surface area (Å²) < 4.78 is 0. The maximum Gasteiger partial charge on any atom is 0.325 e. The molecule has 0 saturated carbocycles. The van der Waals surface area contributed by atoms with Crippen LogP contribution < -0.4 is 27.4 Å². The van der Waals surface area contributed by atoms with Gasteiger partial charge in [0.1, 0.15) is 12.1 Å². The quantitative estimate of drug-likeness (QED) is 0.173. The molecule has 0 radical (unpaired) electrons. The van der Waals surface area contributed by atoms with Gasteiger partial charge in [0.2, 0.25) is 23.6 Å². The molecule has 0 rings (SSSR count). The van der Waals surface area contributed by atoms with E-state index in [1.165, 1.54) is 6.92 Å². The number of carboxylic acids is 2. The van der Waals surface area contributed by atoms with Gasteiger partial charge in [0.25, 0.3) is 0 Å². The molecule has 0 fully saturated rings. The van der Waals surface area contributed by atoms with E-state index in [0.29, 0.717) is 0 Å². The van der Waals surface area contributed by atoms with Crippen LogP contribution in [0.4, 0.5) is 0 Å². The van der Waals surface area contributed by atoms with E-state index in [1.807, 2.05) is 0 Å². The lowest BCUT2D eigenvalue weighted by atomic mass is 10.1. The summed E-state index contributed by atoms with van der Waals surface area (Å²) in [6.45, 7) is 0.591. The SMILES string of the molecule is CC(NC(=O)C(CCC(=O)O)NC(=O)CNC(=O)C(N)CC(N)=O)C(=O)O. The third-order valence-electron chi connectivity index (χ3n) is 3.21. The van der Waals surface area contributed by atoms with E-state index in [-0.39, 0.29) is 6.42 Å². The van der Waals surface area contributed by atoms with Crippen LogP contribution >= 0.6 is 0 Å². The molecule has 152 valence electrons. The fourth-order valence-corrected chi connectivity index (χ4v) is 1.77. The van der Waals surface area contributed by atoms with Crippen molar-refractivity contribution < 1.29 is 39.0 Å². The molecular weight excluding hydrogens is 366 g/mol. The standard InChI is InChI=1S/C14H23N5O8/c1-6(14(26)27)18-13(25)8(2-3-11(22)23)19-10(21)5-17-12(24)7(15)4-9(16)20/h6-8H,2-5,15H2,1H3,(H2,16,20)(H,17,24)(H,18,25)(H,19,21)(H,22,23)(H,26,27). The van der Waals surface area contributed by atoms with E-state index in [9.17, 15) is 28.8 Å². The van der Waals surface area contributed by atoms with Gasteiger partial charge < -0.3 is 37.6 Å². The van der Waals surface area contributed by atoms with Crippen LogP contribution in [0.3, 0.4) is 0 Å². The molecule has 4 amide bonds. The second-order valence-corrected chi connectivity index (χ2v) is 5.62. The molecule has 0 saturated heterocycles. The highest BCUT2D eigenvalue weighted by Gasteiger charge is 2.25. The molecule has 0 aromatic rings. The van der Waals surface area contributed by atoms with Gasteiger partial charge >= 0.3 is 11.9 Å². The summed E-state index contributed by atoms with van der Waals surface area (Å²) in [4.78, 5) is 67.6. The summed E-state index contributed by atoms with van der Waals surface area (Å²) in [6.07, 6.45) is -1.19. The molecule has 0 spiro atoms. The topological polar surface area (TPSA) is 231 Å². The van der Waals surface area contributed by atoms with Crippen molar-refractivity contribution in [3.8, 4) is 0 Å². The van der Waals surface area contributed by atoms with Crippen LogP contribution in [0.25, 0.3) is 0 Å². The Morgan fingerprint density at radius 2 is 1.59 bits per heavy atom. The molecule has 9 N–H and O–H groups in total. The summed E-state index contributed by atoms with van der Waals surface area (Å²) in [7, 11) is 0. The Kier molecular flexibility index (Phi) is 10.0. The van der Waals surface area contributed by atoms with Crippen LogP contribution in [0.1, 0.15) is 26.2 Å². The Morgan fingerprint density at radius 3 is 2.07 bits per heavy atom. The highest BCUT2D eigenvalue weighted by Crippen LogP contribution is 1.99. The Labute approximate surface area is 153 Å². The Hall–Kier alpha value is -3.22. The van der Waals surface area contributed by atoms with Crippen LogP contribution in [-0.4, -0.2) is 70.5 Å². The van der Waals surface area contributed by atoms with Gasteiger partial charge in [-0.05, 0) is 13.3 Å². The third-order valence-corrected chi connectivity index (χ3v) is 3.21. The lowest BCUT2D eigenvalue weighted by molar-refractivity contribution is -0.142. The number of hydrogen-bond acceptors (Lipinski definition) is 7. The maximum absolute atomic E-state index is 12.0. The van der Waals surface area contributed by atoms with Crippen molar-refractivity contribution in [3.05, 3.63) is 0 Å². The molecule has 0 aliphatic carbocycles. The van der Waals surface area contributed by atoms with Gasteiger partial charge in [-0.2, -0.15) is 0 Å². The molecule has 27 heavy (non-hydrogen) atoms. The van der Waals surface area contributed by atoms with Gasteiger partial charge in [-0.1, -0.05) is 0 Å². The van der Waals surface area contributed by atoms with Crippen LogP contribution in [0.5, 0.6) is 0 Å². The highest BCUT2D eigenvalue weighted by molar-refractivity contribution is 5.93. The summed E-state index contributed by atoms with van der Waals surface area (Å²) in [6, 6.07) is -3.84. The number of nitrogens with one attached hydrogen (secondary N) is 3. The molecule has 0 bridgehead atoms. The second-order valence-electron chi connectivity index (χ2n) is 5.62. The first-order valence-corrected chi connectivity index (χ1v) is 7.80. The second kappa shape index (κ2) is 11.4. The van der Waals surface area contributed by atoms with Gasteiger partial charge in [0, 0.05) is 6.42 Å². The lowest BCUT2D eigenvalue weighted by Gasteiger charge is -2.19. The number of amides is 4.